The van der Waals surface area contributed by atoms with E-state index in [0.717, 1.165) is 31.4 Å². The van der Waals surface area contributed by atoms with Crippen LogP contribution in [0.4, 0.5) is 5.69 Å². The Kier molecular flexibility index (Phi) is 3.15. The van der Waals surface area contributed by atoms with E-state index in [9.17, 15) is 0 Å². The van der Waals surface area contributed by atoms with Gasteiger partial charge in [0.1, 0.15) is 0 Å². The van der Waals surface area contributed by atoms with Gasteiger partial charge in [-0.15, -0.1) is 0 Å². The molecule has 0 radical (unpaired) electrons. The normalized spacial score (nSPS) is 19.7. The van der Waals surface area contributed by atoms with Crippen LogP contribution in [0.2, 0.25) is 0 Å². The van der Waals surface area contributed by atoms with E-state index in [0.29, 0.717) is 0 Å². The SMILES string of the molecule is C/C1=C/CCc2cc(N)cc(Br)c2CC1. The summed E-state index contributed by atoms with van der Waals surface area (Å²) in [5, 5.41) is 0. The van der Waals surface area contributed by atoms with Gasteiger partial charge in [-0.25, -0.2) is 0 Å². The number of allylic oxidation sites excluding steroid dienone is 2. The molecule has 0 saturated carbocycles. The molecule has 2 heteroatoms. The summed E-state index contributed by atoms with van der Waals surface area (Å²) in [6.45, 7) is 2.22. The van der Waals surface area contributed by atoms with Crippen molar-refractivity contribution < 1.29 is 0 Å². The first-order chi connectivity index (χ1) is 7.16. The van der Waals surface area contributed by atoms with Gasteiger partial charge in [-0.2, -0.15) is 0 Å². The standard InChI is InChI=1S/C13H16BrN/c1-9-3-2-4-10-7-11(15)8-13(14)12(10)6-5-9/h3,7-8H,2,4-6,15H2,1H3/b9-3-. The Bertz CT molecular complexity index is 407. The van der Waals surface area contributed by atoms with Crippen molar-refractivity contribution in [2.45, 2.75) is 32.6 Å². The molecule has 0 aromatic heterocycles. The summed E-state index contributed by atoms with van der Waals surface area (Å²) in [5.41, 5.74) is 11.1. The van der Waals surface area contributed by atoms with E-state index in [4.69, 9.17) is 5.73 Å². The second-order valence-electron chi connectivity index (χ2n) is 4.23. The highest BCUT2D eigenvalue weighted by molar-refractivity contribution is 9.10. The number of fused-ring (bicyclic) bond motifs is 1. The summed E-state index contributed by atoms with van der Waals surface area (Å²) in [7, 11) is 0. The highest BCUT2D eigenvalue weighted by Gasteiger charge is 2.10. The van der Waals surface area contributed by atoms with Crippen molar-refractivity contribution in [3.63, 3.8) is 0 Å². The minimum Gasteiger partial charge on any atom is -0.399 e. The molecular weight excluding hydrogens is 250 g/mol. The first-order valence-corrected chi connectivity index (χ1v) is 6.18. The maximum atomic E-state index is 5.85. The number of rotatable bonds is 0. The molecule has 1 aromatic carbocycles. The Morgan fingerprint density at radius 2 is 2.00 bits per heavy atom. The van der Waals surface area contributed by atoms with Crippen molar-refractivity contribution in [1.82, 2.24) is 0 Å². The maximum absolute atomic E-state index is 5.85. The summed E-state index contributed by atoms with van der Waals surface area (Å²) in [6, 6.07) is 4.13. The van der Waals surface area contributed by atoms with Gasteiger partial charge in [0.25, 0.3) is 0 Å². The number of aryl methyl sites for hydroxylation is 1. The lowest BCUT2D eigenvalue weighted by atomic mass is 9.93. The van der Waals surface area contributed by atoms with Crippen LogP contribution in [0.1, 0.15) is 30.9 Å². The molecular formula is C13H16BrN. The molecule has 1 aromatic rings. The second-order valence-corrected chi connectivity index (χ2v) is 5.08. The molecule has 0 saturated heterocycles. The van der Waals surface area contributed by atoms with Gasteiger partial charge in [0.2, 0.25) is 0 Å². The minimum absolute atomic E-state index is 0.863. The Balaban J connectivity index is 2.39. The third-order valence-corrected chi connectivity index (χ3v) is 3.69. The molecule has 0 spiro atoms. The lowest BCUT2D eigenvalue weighted by molar-refractivity contribution is 0.852. The Labute approximate surface area is 99.5 Å². The molecule has 0 fully saturated rings. The molecule has 0 aliphatic heterocycles. The fourth-order valence-electron chi connectivity index (χ4n) is 2.12. The van der Waals surface area contributed by atoms with E-state index in [-0.39, 0.29) is 0 Å². The first-order valence-electron chi connectivity index (χ1n) is 5.39. The lowest BCUT2D eigenvalue weighted by Gasteiger charge is -2.15. The van der Waals surface area contributed by atoms with Crippen LogP contribution in [-0.4, -0.2) is 0 Å². The second kappa shape index (κ2) is 4.40. The predicted octanol–water partition coefficient (Wildman–Crippen LogP) is 3.86. The Morgan fingerprint density at radius 3 is 2.80 bits per heavy atom. The molecule has 1 nitrogen and oxygen atoms in total. The zero-order valence-electron chi connectivity index (χ0n) is 9.02. The monoisotopic (exact) mass is 265 g/mol. The molecule has 15 heavy (non-hydrogen) atoms. The largest absolute Gasteiger partial charge is 0.399 e. The number of hydrogen-bond acceptors (Lipinski definition) is 1. The Hall–Kier alpha value is -0.760. The van der Waals surface area contributed by atoms with Crippen LogP contribution in [0.3, 0.4) is 0 Å². The molecule has 0 atom stereocenters. The van der Waals surface area contributed by atoms with E-state index >= 15 is 0 Å². The zero-order valence-corrected chi connectivity index (χ0v) is 10.6. The number of nitrogen functional groups attached to an aromatic ring is 1. The summed E-state index contributed by atoms with van der Waals surface area (Å²) >= 11 is 3.61. The van der Waals surface area contributed by atoms with Crippen LogP contribution in [-0.2, 0) is 12.8 Å². The molecule has 2 rings (SSSR count). The quantitative estimate of drug-likeness (QED) is 0.560. The fourth-order valence-corrected chi connectivity index (χ4v) is 2.84. The summed E-state index contributed by atoms with van der Waals surface area (Å²) < 4.78 is 1.17. The highest BCUT2D eigenvalue weighted by atomic mass is 79.9. The topological polar surface area (TPSA) is 26.0 Å². The van der Waals surface area contributed by atoms with Crippen LogP contribution in [0.15, 0.2) is 28.3 Å². The van der Waals surface area contributed by atoms with Crippen molar-refractivity contribution in [1.29, 1.82) is 0 Å². The molecule has 0 unspecified atom stereocenters. The number of nitrogens with two attached hydrogens (primary N) is 1. The van der Waals surface area contributed by atoms with Crippen molar-refractivity contribution in [3.05, 3.63) is 39.4 Å². The highest BCUT2D eigenvalue weighted by Crippen LogP contribution is 2.29. The van der Waals surface area contributed by atoms with Gasteiger partial charge >= 0.3 is 0 Å². The Morgan fingerprint density at radius 1 is 1.20 bits per heavy atom. The van der Waals surface area contributed by atoms with Gasteiger partial charge in [-0.05, 0) is 55.9 Å². The van der Waals surface area contributed by atoms with Gasteiger partial charge < -0.3 is 5.73 Å². The first kappa shape index (κ1) is 10.7. The third kappa shape index (κ3) is 2.43. The summed E-state index contributed by atoms with van der Waals surface area (Å²) in [5.74, 6) is 0. The summed E-state index contributed by atoms with van der Waals surface area (Å²) in [6.07, 6.45) is 6.87. The van der Waals surface area contributed by atoms with Crippen molar-refractivity contribution >= 4 is 21.6 Å². The van der Waals surface area contributed by atoms with Gasteiger partial charge in [0, 0.05) is 10.2 Å². The maximum Gasteiger partial charge on any atom is 0.0328 e. The smallest absolute Gasteiger partial charge is 0.0328 e. The van der Waals surface area contributed by atoms with Gasteiger partial charge in [-0.3, -0.25) is 0 Å². The predicted molar refractivity (Wildman–Crippen MR) is 69.0 cm³/mol. The van der Waals surface area contributed by atoms with Crippen LogP contribution in [0.25, 0.3) is 0 Å². The molecule has 80 valence electrons. The molecule has 2 N–H and O–H groups in total. The zero-order chi connectivity index (χ0) is 10.8. The van der Waals surface area contributed by atoms with Crippen molar-refractivity contribution in [2.24, 2.45) is 0 Å². The van der Waals surface area contributed by atoms with E-state index in [1.54, 1.807) is 0 Å². The van der Waals surface area contributed by atoms with Crippen LogP contribution in [0.5, 0.6) is 0 Å². The minimum atomic E-state index is 0.863. The fraction of sp³-hybridized carbons (Fsp3) is 0.385. The number of hydrogen-bond donors (Lipinski definition) is 1. The molecule has 0 heterocycles. The van der Waals surface area contributed by atoms with E-state index in [2.05, 4.69) is 35.0 Å². The van der Waals surface area contributed by atoms with Crippen molar-refractivity contribution in [3.8, 4) is 0 Å². The molecule has 1 aliphatic carbocycles. The molecule has 0 bridgehead atoms. The van der Waals surface area contributed by atoms with Gasteiger partial charge in [0.05, 0.1) is 0 Å². The average Bonchev–Trinajstić information content (AvgIpc) is 2.13. The van der Waals surface area contributed by atoms with E-state index < -0.39 is 0 Å². The van der Waals surface area contributed by atoms with Crippen LogP contribution in [0, 0.1) is 0 Å². The van der Waals surface area contributed by atoms with Crippen LogP contribution >= 0.6 is 15.9 Å². The average molecular weight is 266 g/mol. The van der Waals surface area contributed by atoms with E-state index in [1.165, 1.54) is 21.2 Å². The number of benzene rings is 1. The van der Waals surface area contributed by atoms with Crippen molar-refractivity contribution in [2.75, 3.05) is 5.73 Å². The van der Waals surface area contributed by atoms with Gasteiger partial charge in [-0.1, -0.05) is 27.6 Å². The third-order valence-electron chi connectivity index (χ3n) is 2.99. The summed E-state index contributed by atoms with van der Waals surface area (Å²) in [4.78, 5) is 0. The molecule has 1 aliphatic rings. The number of anilines is 1. The van der Waals surface area contributed by atoms with E-state index in [1.807, 2.05) is 6.07 Å². The number of halogens is 1. The molecule has 0 amide bonds. The van der Waals surface area contributed by atoms with Crippen LogP contribution < -0.4 is 5.73 Å². The van der Waals surface area contributed by atoms with Gasteiger partial charge in [0.15, 0.2) is 0 Å². The lowest BCUT2D eigenvalue weighted by Crippen LogP contribution is -2.01.